The molecule has 0 saturated carbocycles. The molecule has 1 aromatic heterocycles. The number of oxazole rings is 1. The van der Waals surface area contributed by atoms with Crippen molar-refractivity contribution in [1.82, 2.24) is 4.98 Å². The number of esters is 1. The number of hydrogen-bond donors (Lipinski definition) is 1. The van der Waals surface area contributed by atoms with E-state index in [4.69, 9.17) is 13.9 Å². The van der Waals surface area contributed by atoms with Gasteiger partial charge in [0.2, 0.25) is 0 Å². The number of aromatic nitrogens is 1. The van der Waals surface area contributed by atoms with Crippen molar-refractivity contribution in [2.24, 2.45) is 5.92 Å². The fourth-order valence-corrected chi connectivity index (χ4v) is 1.90. The molecule has 2 heterocycles. The van der Waals surface area contributed by atoms with Crippen LogP contribution >= 0.6 is 0 Å². The summed E-state index contributed by atoms with van der Waals surface area (Å²) in [7, 11) is 0. The second-order valence-corrected chi connectivity index (χ2v) is 4.32. The average molecular weight is 254 g/mol. The third kappa shape index (κ3) is 3.01. The lowest BCUT2D eigenvalue weighted by atomic mass is 10.0. The highest BCUT2D eigenvalue weighted by molar-refractivity contribution is 5.87. The van der Waals surface area contributed by atoms with Crippen LogP contribution in [0.3, 0.4) is 0 Å². The molecule has 2 rings (SSSR count). The molecule has 0 bridgehead atoms. The van der Waals surface area contributed by atoms with Crippen molar-refractivity contribution < 1.29 is 18.7 Å². The molecule has 0 aliphatic carbocycles. The molecular formula is C12H18N2O4. The number of ether oxygens (including phenoxy) is 2. The number of rotatable bonds is 5. The van der Waals surface area contributed by atoms with Crippen molar-refractivity contribution >= 4 is 12.0 Å². The Labute approximate surface area is 106 Å². The van der Waals surface area contributed by atoms with Crippen LogP contribution in [0.1, 0.15) is 30.8 Å². The zero-order valence-corrected chi connectivity index (χ0v) is 10.6. The van der Waals surface area contributed by atoms with Gasteiger partial charge in [-0.25, -0.2) is 4.79 Å². The van der Waals surface area contributed by atoms with Crippen LogP contribution in [0.5, 0.6) is 0 Å². The highest BCUT2D eigenvalue weighted by atomic mass is 16.5. The molecule has 1 aromatic rings. The standard InChI is InChI=1S/C12H18N2O4/c1-3-17-11(15)10-7-18-12(14-10)13-8(2)9-4-5-16-6-9/h7-9H,3-6H2,1-2H3,(H,13,14). The first-order valence-electron chi connectivity index (χ1n) is 6.17. The second-order valence-electron chi connectivity index (χ2n) is 4.32. The van der Waals surface area contributed by atoms with Gasteiger partial charge in [-0.15, -0.1) is 0 Å². The van der Waals surface area contributed by atoms with Crippen LogP contribution in [-0.4, -0.2) is 36.8 Å². The van der Waals surface area contributed by atoms with E-state index in [1.54, 1.807) is 6.92 Å². The quantitative estimate of drug-likeness (QED) is 0.806. The van der Waals surface area contributed by atoms with Gasteiger partial charge in [-0.3, -0.25) is 0 Å². The van der Waals surface area contributed by atoms with Crippen molar-refractivity contribution in [1.29, 1.82) is 0 Å². The van der Waals surface area contributed by atoms with Gasteiger partial charge in [0.15, 0.2) is 5.69 Å². The zero-order valence-electron chi connectivity index (χ0n) is 10.6. The van der Waals surface area contributed by atoms with E-state index in [9.17, 15) is 4.79 Å². The van der Waals surface area contributed by atoms with Gasteiger partial charge in [0.05, 0.1) is 13.2 Å². The van der Waals surface area contributed by atoms with Crippen LogP contribution in [0.15, 0.2) is 10.7 Å². The highest BCUT2D eigenvalue weighted by Gasteiger charge is 2.23. The van der Waals surface area contributed by atoms with Crippen LogP contribution < -0.4 is 5.32 Å². The topological polar surface area (TPSA) is 73.6 Å². The molecule has 1 N–H and O–H groups in total. The predicted octanol–water partition coefficient (Wildman–Crippen LogP) is 1.69. The van der Waals surface area contributed by atoms with E-state index in [0.717, 1.165) is 19.6 Å². The van der Waals surface area contributed by atoms with Crippen molar-refractivity contribution in [2.75, 3.05) is 25.1 Å². The predicted molar refractivity (Wildman–Crippen MR) is 64.5 cm³/mol. The molecule has 100 valence electrons. The smallest absolute Gasteiger partial charge is 0.360 e. The number of nitrogens with zero attached hydrogens (tertiary/aromatic N) is 1. The normalized spacial score (nSPS) is 20.7. The Hall–Kier alpha value is -1.56. The number of anilines is 1. The molecule has 2 atom stereocenters. The summed E-state index contributed by atoms with van der Waals surface area (Å²) in [6, 6.07) is 0.540. The van der Waals surface area contributed by atoms with Gasteiger partial charge in [-0.05, 0) is 20.3 Å². The Morgan fingerprint density at radius 2 is 2.56 bits per heavy atom. The monoisotopic (exact) mass is 254 g/mol. The first-order chi connectivity index (χ1) is 8.70. The van der Waals surface area contributed by atoms with Gasteiger partial charge < -0.3 is 19.2 Å². The first kappa shape index (κ1) is 12.9. The summed E-state index contributed by atoms with van der Waals surface area (Å²) < 4.78 is 15.4. The Balaban J connectivity index is 1.91. The fraction of sp³-hybridized carbons (Fsp3) is 0.667. The lowest BCUT2D eigenvalue weighted by molar-refractivity contribution is 0.0519. The largest absolute Gasteiger partial charge is 0.461 e. The highest BCUT2D eigenvalue weighted by Crippen LogP contribution is 2.20. The summed E-state index contributed by atoms with van der Waals surface area (Å²) >= 11 is 0. The Kier molecular flexibility index (Phi) is 4.19. The van der Waals surface area contributed by atoms with Crippen molar-refractivity contribution in [3.8, 4) is 0 Å². The molecule has 1 saturated heterocycles. The van der Waals surface area contributed by atoms with E-state index in [1.807, 2.05) is 6.92 Å². The van der Waals surface area contributed by atoms with E-state index >= 15 is 0 Å². The van der Waals surface area contributed by atoms with Crippen LogP contribution in [0.2, 0.25) is 0 Å². The SMILES string of the molecule is CCOC(=O)c1coc(NC(C)C2CCOC2)n1. The Morgan fingerprint density at radius 1 is 1.72 bits per heavy atom. The van der Waals surface area contributed by atoms with Crippen molar-refractivity contribution in [2.45, 2.75) is 26.3 Å². The molecule has 0 radical (unpaired) electrons. The molecular weight excluding hydrogens is 236 g/mol. The summed E-state index contributed by atoms with van der Waals surface area (Å²) in [4.78, 5) is 15.5. The minimum Gasteiger partial charge on any atom is -0.461 e. The molecule has 1 fully saturated rings. The Bertz CT molecular complexity index is 399. The van der Waals surface area contributed by atoms with Crippen molar-refractivity contribution in [3.63, 3.8) is 0 Å². The van der Waals surface area contributed by atoms with E-state index in [1.165, 1.54) is 6.26 Å². The lowest BCUT2D eigenvalue weighted by Gasteiger charge is -2.17. The maximum absolute atomic E-state index is 11.4. The van der Waals surface area contributed by atoms with Crippen LogP contribution in [0.4, 0.5) is 6.01 Å². The van der Waals surface area contributed by atoms with E-state index in [2.05, 4.69) is 10.3 Å². The van der Waals surface area contributed by atoms with Crippen molar-refractivity contribution in [3.05, 3.63) is 12.0 Å². The maximum atomic E-state index is 11.4. The summed E-state index contributed by atoms with van der Waals surface area (Å²) in [5.74, 6) is -0.0194. The minimum absolute atomic E-state index is 0.189. The van der Waals surface area contributed by atoms with Gasteiger partial charge in [0, 0.05) is 18.6 Å². The zero-order chi connectivity index (χ0) is 13.0. The molecule has 0 spiro atoms. The minimum atomic E-state index is -0.467. The number of hydrogen-bond acceptors (Lipinski definition) is 6. The second kappa shape index (κ2) is 5.86. The molecule has 0 amide bonds. The number of carbonyl (C=O) groups is 1. The molecule has 1 aliphatic heterocycles. The van der Waals surface area contributed by atoms with Crippen LogP contribution in [-0.2, 0) is 9.47 Å². The van der Waals surface area contributed by atoms with E-state index < -0.39 is 5.97 Å². The third-order valence-corrected chi connectivity index (χ3v) is 3.01. The fourth-order valence-electron chi connectivity index (χ4n) is 1.90. The van der Waals surface area contributed by atoms with Gasteiger partial charge in [0.25, 0.3) is 6.01 Å². The summed E-state index contributed by atoms with van der Waals surface area (Å²) in [5, 5.41) is 3.14. The first-order valence-corrected chi connectivity index (χ1v) is 6.17. The van der Waals surface area contributed by atoms with Gasteiger partial charge >= 0.3 is 5.97 Å². The maximum Gasteiger partial charge on any atom is 0.360 e. The van der Waals surface area contributed by atoms with Crippen LogP contribution in [0, 0.1) is 5.92 Å². The molecule has 18 heavy (non-hydrogen) atoms. The van der Waals surface area contributed by atoms with Gasteiger partial charge in [-0.2, -0.15) is 4.98 Å². The molecule has 2 unspecified atom stereocenters. The average Bonchev–Trinajstić information content (AvgIpc) is 2.99. The summed E-state index contributed by atoms with van der Waals surface area (Å²) in [6.07, 6.45) is 2.33. The number of nitrogens with one attached hydrogen (secondary N) is 1. The lowest BCUT2D eigenvalue weighted by Crippen LogP contribution is -2.26. The molecule has 6 nitrogen and oxygen atoms in total. The molecule has 0 aromatic carbocycles. The van der Waals surface area contributed by atoms with E-state index in [0.29, 0.717) is 18.5 Å². The molecule has 6 heteroatoms. The van der Waals surface area contributed by atoms with Gasteiger partial charge in [0.1, 0.15) is 6.26 Å². The summed E-state index contributed by atoms with van der Waals surface area (Å²) in [6.45, 7) is 5.67. The van der Waals surface area contributed by atoms with E-state index in [-0.39, 0.29) is 11.7 Å². The Morgan fingerprint density at radius 3 is 3.22 bits per heavy atom. The third-order valence-electron chi connectivity index (χ3n) is 3.01. The van der Waals surface area contributed by atoms with Crippen LogP contribution in [0.25, 0.3) is 0 Å². The van der Waals surface area contributed by atoms with Gasteiger partial charge in [-0.1, -0.05) is 0 Å². The number of carbonyl (C=O) groups excluding carboxylic acids is 1. The summed E-state index contributed by atoms with van der Waals surface area (Å²) in [5.41, 5.74) is 0.189. The molecule has 1 aliphatic rings.